The number of rotatable bonds is 7. The Balaban J connectivity index is 1.34. The van der Waals surface area contributed by atoms with Gasteiger partial charge in [0.05, 0.1) is 6.54 Å². The third kappa shape index (κ3) is 5.00. The van der Waals surface area contributed by atoms with Crippen LogP contribution in [0.2, 0.25) is 10.0 Å². The topological polar surface area (TPSA) is 74.0 Å². The molecule has 0 unspecified atom stereocenters. The molecule has 2 heterocycles. The first-order valence-electron chi connectivity index (χ1n) is 9.07. The number of benzene rings is 2. The van der Waals surface area contributed by atoms with Gasteiger partial charge in [0, 0.05) is 28.5 Å². The minimum absolute atomic E-state index is 0.153. The Hall–Kier alpha value is -3.29. The van der Waals surface area contributed by atoms with Crippen molar-refractivity contribution in [3.05, 3.63) is 94.4 Å². The zero-order valence-electron chi connectivity index (χ0n) is 15.7. The summed E-state index contributed by atoms with van der Waals surface area (Å²) >= 11 is 12.1. The summed E-state index contributed by atoms with van der Waals surface area (Å²) < 4.78 is 8.83. The second-order valence-corrected chi connectivity index (χ2v) is 7.26. The van der Waals surface area contributed by atoms with Crippen LogP contribution in [0.1, 0.15) is 16.1 Å². The van der Waals surface area contributed by atoms with Crippen LogP contribution in [0.5, 0.6) is 5.75 Å². The number of halogens is 2. The summed E-state index contributed by atoms with van der Waals surface area (Å²) in [6.07, 6.45) is 3.44. The minimum Gasteiger partial charge on any atom is -0.471 e. The van der Waals surface area contributed by atoms with Crippen molar-refractivity contribution in [2.75, 3.05) is 5.32 Å². The molecule has 30 heavy (non-hydrogen) atoms. The summed E-state index contributed by atoms with van der Waals surface area (Å²) in [5.74, 6) is 0.685. The molecule has 0 spiro atoms. The van der Waals surface area contributed by atoms with Crippen LogP contribution in [0.3, 0.4) is 0 Å². The molecule has 0 bridgehead atoms. The Morgan fingerprint density at radius 1 is 0.967 bits per heavy atom. The number of nitrogens with one attached hydrogen (secondary N) is 1. The maximum Gasteiger partial charge on any atom is 0.277 e. The van der Waals surface area contributed by atoms with Gasteiger partial charge in [0.25, 0.3) is 5.91 Å². The molecule has 0 atom stereocenters. The highest BCUT2D eigenvalue weighted by Crippen LogP contribution is 2.18. The highest BCUT2D eigenvalue weighted by atomic mass is 35.5. The number of ether oxygens (including phenoxy) is 1. The summed E-state index contributed by atoms with van der Waals surface area (Å²) in [4.78, 5) is 12.5. The Labute approximate surface area is 182 Å². The number of carbonyl (C=O) groups is 1. The molecule has 4 rings (SSSR count). The largest absolute Gasteiger partial charge is 0.471 e. The Morgan fingerprint density at radius 2 is 1.80 bits per heavy atom. The summed E-state index contributed by atoms with van der Waals surface area (Å²) in [5.41, 5.74) is 1.20. The van der Waals surface area contributed by atoms with Crippen LogP contribution in [0.25, 0.3) is 0 Å². The fraction of sp³-hybridized carbons (Fsp3) is 0.0952. The number of nitrogens with zero attached hydrogens (tertiary/aromatic N) is 4. The molecule has 152 valence electrons. The van der Waals surface area contributed by atoms with Gasteiger partial charge in [-0.15, -0.1) is 0 Å². The first-order chi connectivity index (χ1) is 14.6. The molecule has 0 fully saturated rings. The van der Waals surface area contributed by atoms with Crippen LogP contribution in [0.4, 0.5) is 5.82 Å². The summed E-state index contributed by atoms with van der Waals surface area (Å²) in [5, 5.41) is 12.6. The van der Waals surface area contributed by atoms with Gasteiger partial charge in [0.2, 0.25) is 0 Å². The highest BCUT2D eigenvalue weighted by molar-refractivity contribution is 6.31. The zero-order valence-corrected chi connectivity index (χ0v) is 17.2. The van der Waals surface area contributed by atoms with Crippen LogP contribution < -0.4 is 10.1 Å². The van der Waals surface area contributed by atoms with Gasteiger partial charge in [-0.2, -0.15) is 10.2 Å². The number of hydrogen-bond acceptors (Lipinski definition) is 4. The number of carbonyl (C=O) groups excluding carboxylic acids is 1. The van der Waals surface area contributed by atoms with E-state index in [2.05, 4.69) is 15.5 Å². The summed E-state index contributed by atoms with van der Waals surface area (Å²) in [6.45, 7) is 0.658. The Kier molecular flexibility index (Phi) is 6.02. The van der Waals surface area contributed by atoms with Crippen molar-refractivity contribution < 1.29 is 9.53 Å². The molecule has 2 aromatic heterocycles. The Morgan fingerprint density at radius 3 is 2.63 bits per heavy atom. The number of aromatic nitrogens is 4. The molecular formula is C21H17Cl2N5O2. The monoisotopic (exact) mass is 441 g/mol. The molecule has 0 aliphatic heterocycles. The summed E-state index contributed by atoms with van der Waals surface area (Å²) in [6, 6.07) is 17.9. The first kappa shape index (κ1) is 20.0. The maximum absolute atomic E-state index is 12.5. The van der Waals surface area contributed by atoms with Gasteiger partial charge in [0.1, 0.15) is 5.75 Å². The lowest BCUT2D eigenvalue weighted by Gasteiger charge is -2.06. The van der Waals surface area contributed by atoms with Crippen molar-refractivity contribution in [3.8, 4) is 5.75 Å². The quantitative estimate of drug-likeness (QED) is 0.450. The average Bonchev–Trinajstić information content (AvgIpc) is 3.38. The van der Waals surface area contributed by atoms with E-state index in [-0.39, 0.29) is 18.3 Å². The van der Waals surface area contributed by atoms with Crippen LogP contribution in [-0.2, 0) is 13.3 Å². The number of hydrogen-bond donors (Lipinski definition) is 1. The fourth-order valence-corrected chi connectivity index (χ4v) is 3.13. The van der Waals surface area contributed by atoms with Gasteiger partial charge in [0.15, 0.2) is 18.2 Å². The lowest BCUT2D eigenvalue weighted by atomic mass is 10.2. The molecule has 0 saturated carbocycles. The highest BCUT2D eigenvalue weighted by Gasteiger charge is 2.12. The van der Waals surface area contributed by atoms with Crippen molar-refractivity contribution in [1.29, 1.82) is 0 Å². The fourth-order valence-electron chi connectivity index (χ4n) is 2.75. The molecule has 0 saturated heterocycles. The van der Waals surface area contributed by atoms with E-state index >= 15 is 0 Å². The van der Waals surface area contributed by atoms with E-state index in [1.165, 1.54) is 4.68 Å². The second kappa shape index (κ2) is 9.02. The van der Waals surface area contributed by atoms with Crippen LogP contribution in [-0.4, -0.2) is 25.5 Å². The lowest BCUT2D eigenvalue weighted by Crippen LogP contribution is -2.15. The van der Waals surface area contributed by atoms with Gasteiger partial charge in [-0.05, 0) is 35.9 Å². The van der Waals surface area contributed by atoms with E-state index < -0.39 is 0 Å². The third-order valence-electron chi connectivity index (χ3n) is 4.21. The Bertz CT molecular complexity index is 1170. The molecule has 0 aliphatic carbocycles. The lowest BCUT2D eigenvalue weighted by molar-refractivity contribution is 0.101. The van der Waals surface area contributed by atoms with Crippen LogP contribution >= 0.6 is 23.2 Å². The van der Waals surface area contributed by atoms with E-state index in [0.717, 1.165) is 5.56 Å². The first-order valence-corrected chi connectivity index (χ1v) is 9.82. The van der Waals surface area contributed by atoms with E-state index in [1.807, 2.05) is 24.3 Å². The van der Waals surface area contributed by atoms with Crippen molar-refractivity contribution in [2.45, 2.75) is 13.3 Å². The van der Waals surface area contributed by atoms with Crippen molar-refractivity contribution in [1.82, 2.24) is 19.6 Å². The maximum atomic E-state index is 12.5. The van der Waals surface area contributed by atoms with Gasteiger partial charge < -0.3 is 10.1 Å². The summed E-state index contributed by atoms with van der Waals surface area (Å²) in [7, 11) is 0. The molecular weight excluding hydrogens is 425 g/mol. The van der Waals surface area contributed by atoms with E-state index in [1.54, 1.807) is 53.5 Å². The minimum atomic E-state index is -0.362. The van der Waals surface area contributed by atoms with Gasteiger partial charge in [-0.1, -0.05) is 47.5 Å². The molecule has 0 radical (unpaired) electrons. The van der Waals surface area contributed by atoms with Crippen molar-refractivity contribution >= 4 is 34.9 Å². The van der Waals surface area contributed by atoms with Crippen molar-refractivity contribution in [2.24, 2.45) is 0 Å². The SMILES string of the molecule is O=C(Nc1ccn(Cc2ccccc2Cl)n1)c1ccn(COc2cccc(Cl)c2)n1. The standard InChI is InChI=1S/C21H17Cl2N5O2/c22-16-5-3-6-17(12-16)30-14-28-10-8-19(25-28)21(29)24-20-9-11-27(26-20)13-15-4-1-2-7-18(15)23/h1-12H,13-14H2,(H,24,26,29). The zero-order chi connectivity index (χ0) is 20.9. The molecule has 2 aromatic carbocycles. The van der Waals surface area contributed by atoms with Gasteiger partial charge in [-0.25, -0.2) is 4.68 Å². The average molecular weight is 442 g/mol. The van der Waals surface area contributed by atoms with E-state index in [9.17, 15) is 4.79 Å². The third-order valence-corrected chi connectivity index (χ3v) is 4.81. The molecule has 9 heteroatoms. The second-order valence-electron chi connectivity index (χ2n) is 6.42. The van der Waals surface area contributed by atoms with E-state index in [4.69, 9.17) is 27.9 Å². The molecule has 4 aromatic rings. The van der Waals surface area contributed by atoms with Gasteiger partial charge >= 0.3 is 0 Å². The molecule has 1 N–H and O–H groups in total. The van der Waals surface area contributed by atoms with Crippen LogP contribution in [0.15, 0.2) is 73.1 Å². The molecule has 0 aliphatic rings. The normalized spacial score (nSPS) is 10.7. The molecule has 7 nitrogen and oxygen atoms in total. The predicted molar refractivity (Wildman–Crippen MR) is 115 cm³/mol. The van der Waals surface area contributed by atoms with Gasteiger partial charge in [-0.3, -0.25) is 9.48 Å². The van der Waals surface area contributed by atoms with Crippen LogP contribution in [0, 0.1) is 0 Å². The number of amides is 1. The van der Waals surface area contributed by atoms with E-state index in [0.29, 0.717) is 28.2 Å². The van der Waals surface area contributed by atoms with Crippen molar-refractivity contribution in [3.63, 3.8) is 0 Å². The predicted octanol–water partition coefficient (Wildman–Crippen LogP) is 4.72. The smallest absolute Gasteiger partial charge is 0.277 e. The molecule has 1 amide bonds. The number of anilines is 1.